The number of rotatable bonds is 3. The van der Waals surface area contributed by atoms with Crippen LogP contribution < -0.4 is 4.74 Å². The van der Waals surface area contributed by atoms with Crippen molar-refractivity contribution in [2.45, 2.75) is 0 Å². The number of nitrogens with one attached hydrogen (secondary N) is 1. The molecule has 4 nitrogen and oxygen atoms in total. The van der Waals surface area contributed by atoms with Crippen molar-refractivity contribution in [3.8, 4) is 17.1 Å². The van der Waals surface area contributed by atoms with Gasteiger partial charge in [-0.1, -0.05) is 15.9 Å². The van der Waals surface area contributed by atoms with Gasteiger partial charge in [0.1, 0.15) is 11.6 Å². The SMILES string of the molecule is COc1ccc(Br)c(-c2ncc(C=O)[nH]2)c1. The molecule has 1 N–H and O–H groups in total. The van der Waals surface area contributed by atoms with Crippen LogP contribution in [0.15, 0.2) is 28.9 Å². The van der Waals surface area contributed by atoms with E-state index in [4.69, 9.17) is 4.74 Å². The van der Waals surface area contributed by atoms with Crippen LogP contribution in [0.2, 0.25) is 0 Å². The molecular formula is C11H9BrN2O2. The third-order valence-corrected chi connectivity index (χ3v) is 2.84. The molecular weight excluding hydrogens is 272 g/mol. The van der Waals surface area contributed by atoms with Crippen LogP contribution in [0.1, 0.15) is 10.5 Å². The average Bonchev–Trinajstić information content (AvgIpc) is 2.78. The molecule has 0 unspecified atom stereocenters. The smallest absolute Gasteiger partial charge is 0.167 e. The molecule has 0 aliphatic heterocycles. The zero-order valence-electron chi connectivity index (χ0n) is 8.53. The lowest BCUT2D eigenvalue weighted by Crippen LogP contribution is -1.87. The molecule has 0 bridgehead atoms. The average molecular weight is 281 g/mol. The van der Waals surface area contributed by atoms with Crippen LogP contribution in [-0.2, 0) is 0 Å². The molecule has 0 radical (unpaired) electrons. The minimum absolute atomic E-state index is 0.449. The Balaban J connectivity index is 2.49. The Labute approximate surface area is 101 Å². The van der Waals surface area contributed by atoms with Crippen molar-refractivity contribution in [3.05, 3.63) is 34.6 Å². The van der Waals surface area contributed by atoms with Crippen LogP contribution >= 0.6 is 15.9 Å². The summed E-state index contributed by atoms with van der Waals surface area (Å²) >= 11 is 3.42. The lowest BCUT2D eigenvalue weighted by Gasteiger charge is -2.04. The Bertz CT molecular complexity index is 522. The third-order valence-electron chi connectivity index (χ3n) is 2.15. The maximum absolute atomic E-state index is 10.6. The van der Waals surface area contributed by atoms with Crippen molar-refractivity contribution in [2.75, 3.05) is 7.11 Å². The molecule has 2 rings (SSSR count). The summed E-state index contributed by atoms with van der Waals surface area (Å²) in [6, 6.07) is 5.56. The summed E-state index contributed by atoms with van der Waals surface area (Å²) in [6.45, 7) is 0. The molecule has 0 amide bonds. The number of aldehydes is 1. The number of aromatic amines is 1. The number of H-pyrrole nitrogens is 1. The summed E-state index contributed by atoms with van der Waals surface area (Å²) in [5, 5.41) is 0. The molecule has 2 aromatic rings. The van der Waals surface area contributed by atoms with Gasteiger partial charge in [-0.15, -0.1) is 0 Å². The second kappa shape index (κ2) is 4.49. The quantitative estimate of drug-likeness (QED) is 0.880. The Hall–Kier alpha value is -1.62. The second-order valence-corrected chi connectivity index (χ2v) is 4.01. The van der Waals surface area contributed by atoms with Gasteiger partial charge in [0, 0.05) is 10.0 Å². The number of carbonyl (C=O) groups is 1. The monoisotopic (exact) mass is 280 g/mol. The predicted octanol–water partition coefficient (Wildman–Crippen LogP) is 2.66. The van der Waals surface area contributed by atoms with Crippen LogP contribution in [0.5, 0.6) is 5.75 Å². The van der Waals surface area contributed by atoms with E-state index in [1.54, 1.807) is 7.11 Å². The number of nitrogens with zero attached hydrogens (tertiary/aromatic N) is 1. The van der Waals surface area contributed by atoms with Crippen LogP contribution in [0.25, 0.3) is 11.4 Å². The number of imidazole rings is 1. The van der Waals surface area contributed by atoms with Gasteiger partial charge in [-0.2, -0.15) is 0 Å². The number of carbonyl (C=O) groups excluding carboxylic acids is 1. The Morgan fingerprint density at radius 2 is 2.31 bits per heavy atom. The summed E-state index contributed by atoms with van der Waals surface area (Å²) in [7, 11) is 1.60. The zero-order valence-corrected chi connectivity index (χ0v) is 10.1. The number of methoxy groups -OCH3 is 1. The summed E-state index contributed by atoms with van der Waals surface area (Å²) < 4.78 is 6.02. The highest BCUT2D eigenvalue weighted by Gasteiger charge is 2.08. The second-order valence-electron chi connectivity index (χ2n) is 3.15. The van der Waals surface area contributed by atoms with Crippen LogP contribution in [0, 0.1) is 0 Å². The predicted molar refractivity (Wildman–Crippen MR) is 63.7 cm³/mol. The molecule has 0 spiro atoms. The number of ether oxygens (including phenoxy) is 1. The Morgan fingerprint density at radius 1 is 1.50 bits per heavy atom. The van der Waals surface area contributed by atoms with Crippen molar-refractivity contribution in [2.24, 2.45) is 0 Å². The van der Waals surface area contributed by atoms with Gasteiger partial charge >= 0.3 is 0 Å². The molecule has 0 aliphatic rings. The van der Waals surface area contributed by atoms with E-state index in [2.05, 4.69) is 25.9 Å². The van der Waals surface area contributed by atoms with Crippen LogP contribution in [-0.4, -0.2) is 23.4 Å². The molecule has 1 heterocycles. The maximum Gasteiger partial charge on any atom is 0.167 e. The Morgan fingerprint density at radius 3 is 2.94 bits per heavy atom. The summed E-state index contributed by atoms with van der Waals surface area (Å²) in [5.41, 5.74) is 1.30. The zero-order chi connectivity index (χ0) is 11.5. The topological polar surface area (TPSA) is 55.0 Å². The van der Waals surface area contributed by atoms with E-state index in [0.717, 1.165) is 22.1 Å². The number of hydrogen-bond donors (Lipinski definition) is 1. The fourth-order valence-electron chi connectivity index (χ4n) is 1.34. The van der Waals surface area contributed by atoms with Crippen molar-refractivity contribution in [1.29, 1.82) is 0 Å². The van der Waals surface area contributed by atoms with Gasteiger partial charge in [-0.05, 0) is 18.2 Å². The number of aromatic nitrogens is 2. The van der Waals surface area contributed by atoms with Crippen molar-refractivity contribution in [1.82, 2.24) is 9.97 Å². The molecule has 0 atom stereocenters. The van der Waals surface area contributed by atoms with E-state index in [-0.39, 0.29) is 0 Å². The largest absolute Gasteiger partial charge is 0.497 e. The van der Waals surface area contributed by atoms with Gasteiger partial charge in [-0.3, -0.25) is 4.79 Å². The standard InChI is InChI=1S/C11H9BrN2O2/c1-16-8-2-3-10(12)9(4-8)11-13-5-7(6-15)14-11/h2-6H,1H3,(H,13,14). The number of hydrogen-bond acceptors (Lipinski definition) is 3. The van der Waals surface area contributed by atoms with Gasteiger partial charge in [0.15, 0.2) is 6.29 Å². The van der Waals surface area contributed by atoms with Crippen LogP contribution in [0.3, 0.4) is 0 Å². The highest BCUT2D eigenvalue weighted by atomic mass is 79.9. The van der Waals surface area contributed by atoms with Crippen molar-refractivity contribution in [3.63, 3.8) is 0 Å². The highest BCUT2D eigenvalue weighted by Crippen LogP contribution is 2.29. The van der Waals surface area contributed by atoms with E-state index in [1.807, 2.05) is 18.2 Å². The van der Waals surface area contributed by atoms with Gasteiger partial charge in [0.25, 0.3) is 0 Å². The van der Waals surface area contributed by atoms with Gasteiger partial charge in [0.05, 0.1) is 19.0 Å². The minimum atomic E-state index is 0.449. The minimum Gasteiger partial charge on any atom is -0.497 e. The van der Waals surface area contributed by atoms with Gasteiger partial charge < -0.3 is 9.72 Å². The van der Waals surface area contributed by atoms with Crippen LogP contribution in [0.4, 0.5) is 0 Å². The first-order valence-electron chi connectivity index (χ1n) is 4.58. The first-order chi connectivity index (χ1) is 7.74. The summed E-state index contributed by atoms with van der Waals surface area (Å²) in [6.07, 6.45) is 2.22. The fourth-order valence-corrected chi connectivity index (χ4v) is 1.78. The molecule has 16 heavy (non-hydrogen) atoms. The fraction of sp³-hybridized carbons (Fsp3) is 0.0909. The first-order valence-corrected chi connectivity index (χ1v) is 5.38. The number of halogens is 1. The normalized spacial score (nSPS) is 10.1. The van der Waals surface area contributed by atoms with Crippen molar-refractivity contribution >= 4 is 22.2 Å². The lowest BCUT2D eigenvalue weighted by atomic mass is 10.2. The first kappa shape index (κ1) is 10.9. The molecule has 5 heteroatoms. The summed E-state index contributed by atoms with van der Waals surface area (Å²) in [5.74, 6) is 1.37. The van der Waals surface area contributed by atoms with E-state index < -0.39 is 0 Å². The molecule has 0 saturated carbocycles. The van der Waals surface area contributed by atoms with E-state index in [1.165, 1.54) is 6.20 Å². The van der Waals surface area contributed by atoms with Gasteiger partial charge in [-0.25, -0.2) is 4.98 Å². The highest BCUT2D eigenvalue weighted by molar-refractivity contribution is 9.10. The maximum atomic E-state index is 10.6. The molecule has 1 aromatic heterocycles. The van der Waals surface area contributed by atoms with E-state index >= 15 is 0 Å². The molecule has 0 aliphatic carbocycles. The molecule has 0 saturated heterocycles. The van der Waals surface area contributed by atoms with Crippen molar-refractivity contribution < 1.29 is 9.53 Å². The van der Waals surface area contributed by atoms with E-state index in [0.29, 0.717) is 11.5 Å². The third kappa shape index (κ3) is 1.99. The van der Waals surface area contributed by atoms with E-state index in [9.17, 15) is 4.79 Å². The lowest BCUT2D eigenvalue weighted by molar-refractivity contribution is 0.111. The molecule has 0 fully saturated rings. The molecule has 1 aromatic carbocycles. The Kier molecular flexibility index (Phi) is 3.05. The number of benzene rings is 1. The summed E-state index contributed by atoms with van der Waals surface area (Å²) in [4.78, 5) is 17.6. The molecule has 82 valence electrons. The van der Waals surface area contributed by atoms with Gasteiger partial charge in [0.2, 0.25) is 0 Å².